The SMILES string of the molecule is CCN(CC(=O)Nc1ccc(OC(C)C)cc1)c1ccccc1. The Kier molecular flexibility index (Phi) is 6.03. The molecule has 0 radical (unpaired) electrons. The average molecular weight is 312 g/mol. The zero-order valence-electron chi connectivity index (χ0n) is 14.0. The highest BCUT2D eigenvalue weighted by molar-refractivity contribution is 5.94. The van der Waals surface area contributed by atoms with Crippen LogP contribution in [0.25, 0.3) is 0 Å². The van der Waals surface area contributed by atoms with Gasteiger partial charge in [0, 0.05) is 17.9 Å². The van der Waals surface area contributed by atoms with Crippen molar-refractivity contribution in [1.29, 1.82) is 0 Å². The Bertz CT molecular complexity index is 609. The summed E-state index contributed by atoms with van der Waals surface area (Å²) in [5, 5.41) is 2.92. The highest BCUT2D eigenvalue weighted by Gasteiger charge is 2.10. The first-order valence-corrected chi connectivity index (χ1v) is 7.95. The molecule has 0 fully saturated rings. The second-order valence-corrected chi connectivity index (χ2v) is 5.59. The maximum absolute atomic E-state index is 12.2. The molecule has 0 aromatic heterocycles. The van der Waals surface area contributed by atoms with E-state index >= 15 is 0 Å². The third-order valence-corrected chi connectivity index (χ3v) is 3.35. The van der Waals surface area contributed by atoms with E-state index in [1.54, 1.807) is 0 Å². The van der Waals surface area contributed by atoms with Crippen LogP contribution in [0.1, 0.15) is 20.8 Å². The number of rotatable bonds is 7. The van der Waals surface area contributed by atoms with Gasteiger partial charge in [0.25, 0.3) is 0 Å². The second-order valence-electron chi connectivity index (χ2n) is 5.59. The molecule has 0 spiro atoms. The largest absolute Gasteiger partial charge is 0.491 e. The minimum Gasteiger partial charge on any atom is -0.491 e. The van der Waals surface area contributed by atoms with Gasteiger partial charge in [0.05, 0.1) is 12.6 Å². The molecule has 0 aliphatic carbocycles. The predicted molar refractivity (Wildman–Crippen MR) is 95.2 cm³/mol. The Morgan fingerprint density at radius 3 is 2.30 bits per heavy atom. The summed E-state index contributed by atoms with van der Waals surface area (Å²) in [6.45, 7) is 7.11. The van der Waals surface area contributed by atoms with Crippen LogP contribution >= 0.6 is 0 Å². The second kappa shape index (κ2) is 8.22. The molecule has 2 aromatic carbocycles. The monoisotopic (exact) mass is 312 g/mol. The van der Waals surface area contributed by atoms with Gasteiger partial charge in [-0.15, -0.1) is 0 Å². The molecule has 0 heterocycles. The van der Waals surface area contributed by atoms with Crippen molar-refractivity contribution in [2.75, 3.05) is 23.3 Å². The molecule has 2 aromatic rings. The van der Waals surface area contributed by atoms with Gasteiger partial charge in [-0.3, -0.25) is 4.79 Å². The van der Waals surface area contributed by atoms with Crippen LogP contribution in [0.5, 0.6) is 5.75 Å². The summed E-state index contributed by atoms with van der Waals surface area (Å²) >= 11 is 0. The topological polar surface area (TPSA) is 41.6 Å². The van der Waals surface area contributed by atoms with Crippen molar-refractivity contribution in [3.63, 3.8) is 0 Å². The van der Waals surface area contributed by atoms with Crippen LogP contribution in [0.3, 0.4) is 0 Å². The van der Waals surface area contributed by atoms with Crippen molar-refractivity contribution in [2.45, 2.75) is 26.9 Å². The normalized spacial score (nSPS) is 10.4. The van der Waals surface area contributed by atoms with Crippen molar-refractivity contribution >= 4 is 17.3 Å². The summed E-state index contributed by atoms with van der Waals surface area (Å²) in [6, 6.07) is 17.4. The summed E-state index contributed by atoms with van der Waals surface area (Å²) < 4.78 is 5.59. The molecule has 4 nitrogen and oxygen atoms in total. The molecule has 0 aliphatic rings. The summed E-state index contributed by atoms with van der Waals surface area (Å²) in [5.41, 5.74) is 1.82. The van der Waals surface area contributed by atoms with Crippen LogP contribution in [-0.2, 0) is 4.79 Å². The minimum atomic E-state index is -0.0340. The first kappa shape index (κ1) is 16.9. The summed E-state index contributed by atoms with van der Waals surface area (Å²) in [4.78, 5) is 14.3. The number of nitrogens with one attached hydrogen (secondary N) is 1. The van der Waals surface area contributed by atoms with Gasteiger partial charge in [0.1, 0.15) is 5.75 Å². The van der Waals surface area contributed by atoms with Crippen LogP contribution in [0, 0.1) is 0 Å². The Labute approximate surface area is 138 Å². The lowest BCUT2D eigenvalue weighted by atomic mass is 10.2. The molecule has 1 N–H and O–H groups in total. The molecule has 0 unspecified atom stereocenters. The molecule has 23 heavy (non-hydrogen) atoms. The van der Waals surface area contributed by atoms with Crippen LogP contribution < -0.4 is 15.0 Å². The number of hydrogen-bond acceptors (Lipinski definition) is 3. The van der Waals surface area contributed by atoms with Crippen LogP contribution in [0.2, 0.25) is 0 Å². The molecule has 4 heteroatoms. The van der Waals surface area contributed by atoms with E-state index in [4.69, 9.17) is 4.74 Å². The molecule has 0 aliphatic heterocycles. The van der Waals surface area contributed by atoms with Crippen LogP contribution in [-0.4, -0.2) is 25.1 Å². The maximum atomic E-state index is 12.2. The first-order chi connectivity index (χ1) is 11.1. The molecule has 0 atom stereocenters. The molecule has 1 amide bonds. The maximum Gasteiger partial charge on any atom is 0.243 e. The Balaban J connectivity index is 1.93. The predicted octanol–water partition coefficient (Wildman–Crippen LogP) is 3.94. The number of amides is 1. The molecule has 2 rings (SSSR count). The molecule has 122 valence electrons. The summed E-state index contributed by atoms with van der Waals surface area (Å²) in [6.07, 6.45) is 0.138. The fourth-order valence-corrected chi connectivity index (χ4v) is 2.29. The lowest BCUT2D eigenvalue weighted by Gasteiger charge is -2.22. The molecule has 0 bridgehead atoms. The van der Waals surface area contributed by atoms with Gasteiger partial charge < -0.3 is 15.0 Å². The minimum absolute atomic E-state index is 0.0340. The number of anilines is 2. The standard InChI is InChI=1S/C19H24N2O2/c1-4-21(17-8-6-5-7-9-17)14-19(22)20-16-10-12-18(13-11-16)23-15(2)3/h5-13,15H,4,14H2,1-3H3,(H,20,22). The smallest absolute Gasteiger partial charge is 0.243 e. The third-order valence-electron chi connectivity index (χ3n) is 3.35. The Morgan fingerprint density at radius 2 is 1.74 bits per heavy atom. The van der Waals surface area contributed by atoms with Gasteiger partial charge >= 0.3 is 0 Å². The zero-order chi connectivity index (χ0) is 16.7. The number of para-hydroxylation sites is 1. The zero-order valence-corrected chi connectivity index (χ0v) is 14.0. The Morgan fingerprint density at radius 1 is 1.09 bits per heavy atom. The number of nitrogens with zero attached hydrogens (tertiary/aromatic N) is 1. The van der Waals surface area contributed by atoms with E-state index < -0.39 is 0 Å². The van der Waals surface area contributed by atoms with E-state index in [9.17, 15) is 4.79 Å². The van der Waals surface area contributed by atoms with E-state index in [1.807, 2.05) is 80.3 Å². The van der Waals surface area contributed by atoms with Gasteiger partial charge in [-0.1, -0.05) is 18.2 Å². The van der Waals surface area contributed by atoms with Gasteiger partial charge in [-0.05, 0) is 57.2 Å². The van der Waals surface area contributed by atoms with E-state index in [2.05, 4.69) is 5.32 Å². The number of ether oxygens (including phenoxy) is 1. The number of likely N-dealkylation sites (N-methyl/N-ethyl adjacent to an activating group) is 1. The highest BCUT2D eigenvalue weighted by Crippen LogP contribution is 2.17. The number of carbonyl (C=O) groups is 1. The summed E-state index contributed by atoms with van der Waals surface area (Å²) in [7, 11) is 0. The fourth-order valence-electron chi connectivity index (χ4n) is 2.29. The van der Waals surface area contributed by atoms with E-state index in [1.165, 1.54) is 0 Å². The van der Waals surface area contributed by atoms with E-state index in [0.29, 0.717) is 6.54 Å². The van der Waals surface area contributed by atoms with Gasteiger partial charge in [-0.2, -0.15) is 0 Å². The van der Waals surface area contributed by atoms with E-state index in [-0.39, 0.29) is 12.0 Å². The van der Waals surface area contributed by atoms with Crippen LogP contribution in [0.4, 0.5) is 11.4 Å². The summed E-state index contributed by atoms with van der Waals surface area (Å²) in [5.74, 6) is 0.769. The number of hydrogen-bond donors (Lipinski definition) is 1. The first-order valence-electron chi connectivity index (χ1n) is 7.95. The van der Waals surface area contributed by atoms with Crippen LogP contribution in [0.15, 0.2) is 54.6 Å². The molecule has 0 saturated heterocycles. The fraction of sp³-hybridized carbons (Fsp3) is 0.316. The van der Waals surface area contributed by atoms with E-state index in [0.717, 1.165) is 23.7 Å². The average Bonchev–Trinajstić information content (AvgIpc) is 2.55. The number of benzene rings is 2. The van der Waals surface area contributed by atoms with Crippen molar-refractivity contribution < 1.29 is 9.53 Å². The molecule has 0 saturated carbocycles. The molecular weight excluding hydrogens is 288 g/mol. The highest BCUT2D eigenvalue weighted by atomic mass is 16.5. The third kappa shape index (κ3) is 5.33. The van der Waals surface area contributed by atoms with Gasteiger partial charge in [0.15, 0.2) is 0 Å². The van der Waals surface area contributed by atoms with Gasteiger partial charge in [0.2, 0.25) is 5.91 Å². The lowest BCUT2D eigenvalue weighted by Crippen LogP contribution is -2.33. The van der Waals surface area contributed by atoms with Gasteiger partial charge in [-0.25, -0.2) is 0 Å². The van der Waals surface area contributed by atoms with Crippen molar-refractivity contribution in [1.82, 2.24) is 0 Å². The quantitative estimate of drug-likeness (QED) is 0.842. The van der Waals surface area contributed by atoms with Crippen molar-refractivity contribution in [3.8, 4) is 5.75 Å². The van der Waals surface area contributed by atoms with Crippen molar-refractivity contribution in [2.24, 2.45) is 0 Å². The lowest BCUT2D eigenvalue weighted by molar-refractivity contribution is -0.115. The Hall–Kier alpha value is -2.49. The number of carbonyl (C=O) groups excluding carboxylic acids is 1. The molecular formula is C19H24N2O2. The van der Waals surface area contributed by atoms with Crippen molar-refractivity contribution in [3.05, 3.63) is 54.6 Å².